The summed E-state index contributed by atoms with van der Waals surface area (Å²) in [6.45, 7) is 10.3. The SMILES string of the molecule is CCN1CCN(c2cccc3c(O)n([C@H](CCCn4ccnc4C)c4ccc(OC)c(OC)c4)cc23)CC1. The van der Waals surface area contributed by atoms with Gasteiger partial charge in [0.2, 0.25) is 0 Å². The number of hydrogen-bond donors (Lipinski definition) is 1. The molecule has 8 heteroatoms. The Bertz CT molecular complexity index is 1370. The molecule has 1 aliphatic rings. The first-order chi connectivity index (χ1) is 18.5. The fourth-order valence-corrected chi connectivity index (χ4v) is 5.66. The Balaban J connectivity index is 1.51. The molecular weight excluding hydrogens is 478 g/mol. The molecule has 0 spiro atoms. The van der Waals surface area contributed by atoms with E-state index in [0.717, 1.165) is 74.3 Å². The molecule has 4 aromatic rings. The minimum Gasteiger partial charge on any atom is -0.494 e. The van der Waals surface area contributed by atoms with Gasteiger partial charge in [-0.05, 0) is 56.1 Å². The lowest BCUT2D eigenvalue weighted by Crippen LogP contribution is -2.46. The highest BCUT2D eigenvalue weighted by Gasteiger charge is 2.24. The number of aromatic hydroxyl groups is 1. The van der Waals surface area contributed by atoms with Gasteiger partial charge in [0.1, 0.15) is 5.82 Å². The van der Waals surface area contributed by atoms with Crippen molar-refractivity contribution >= 4 is 16.5 Å². The lowest BCUT2D eigenvalue weighted by molar-refractivity contribution is 0.271. The van der Waals surface area contributed by atoms with Gasteiger partial charge in [-0.1, -0.05) is 19.1 Å². The van der Waals surface area contributed by atoms with E-state index in [1.807, 2.05) is 42.1 Å². The molecule has 0 unspecified atom stereocenters. The molecule has 1 N–H and O–H groups in total. The first-order valence-corrected chi connectivity index (χ1v) is 13.5. The number of imidazole rings is 1. The van der Waals surface area contributed by atoms with Crippen LogP contribution in [0.25, 0.3) is 10.8 Å². The number of aromatic nitrogens is 3. The lowest BCUT2D eigenvalue weighted by atomic mass is 10.0. The van der Waals surface area contributed by atoms with Crippen LogP contribution in [0, 0.1) is 6.92 Å². The van der Waals surface area contributed by atoms with Crippen LogP contribution in [0.15, 0.2) is 55.0 Å². The van der Waals surface area contributed by atoms with Crippen LogP contribution in [-0.2, 0) is 6.54 Å². The molecule has 3 heterocycles. The van der Waals surface area contributed by atoms with Crippen LogP contribution in [0.2, 0.25) is 0 Å². The summed E-state index contributed by atoms with van der Waals surface area (Å²) in [5.41, 5.74) is 2.26. The highest BCUT2D eigenvalue weighted by atomic mass is 16.5. The first kappa shape index (κ1) is 26.0. The number of piperazine rings is 1. The van der Waals surface area contributed by atoms with E-state index in [1.54, 1.807) is 14.2 Å². The largest absolute Gasteiger partial charge is 0.494 e. The van der Waals surface area contributed by atoms with Crippen molar-refractivity contribution < 1.29 is 14.6 Å². The molecule has 0 radical (unpaired) electrons. The Morgan fingerprint density at radius 1 is 1.00 bits per heavy atom. The summed E-state index contributed by atoms with van der Waals surface area (Å²) in [7, 11) is 3.30. The molecule has 0 saturated carbocycles. The van der Waals surface area contributed by atoms with Crippen molar-refractivity contribution in [2.45, 2.75) is 39.3 Å². The van der Waals surface area contributed by atoms with Gasteiger partial charge in [0, 0.05) is 67.8 Å². The van der Waals surface area contributed by atoms with E-state index in [9.17, 15) is 5.11 Å². The number of methoxy groups -OCH3 is 2. The summed E-state index contributed by atoms with van der Waals surface area (Å²) in [5, 5.41) is 13.5. The molecule has 1 atom stereocenters. The first-order valence-electron chi connectivity index (χ1n) is 13.5. The Hall–Kier alpha value is -3.65. The summed E-state index contributed by atoms with van der Waals surface area (Å²) in [5.74, 6) is 2.69. The maximum atomic E-state index is 11.5. The molecule has 1 fully saturated rings. The van der Waals surface area contributed by atoms with Gasteiger partial charge >= 0.3 is 0 Å². The lowest BCUT2D eigenvalue weighted by Gasteiger charge is -2.35. The van der Waals surface area contributed by atoms with Crippen LogP contribution in [0.4, 0.5) is 5.69 Å². The van der Waals surface area contributed by atoms with Gasteiger partial charge in [0.15, 0.2) is 17.4 Å². The van der Waals surface area contributed by atoms with E-state index in [-0.39, 0.29) is 6.04 Å². The molecular formula is C30H39N5O3. The number of anilines is 1. The van der Waals surface area contributed by atoms with Crippen LogP contribution >= 0.6 is 0 Å². The van der Waals surface area contributed by atoms with Crippen molar-refractivity contribution in [1.29, 1.82) is 0 Å². The second-order valence-electron chi connectivity index (χ2n) is 9.96. The molecule has 5 rings (SSSR count). The van der Waals surface area contributed by atoms with Gasteiger partial charge in [0.25, 0.3) is 0 Å². The Kier molecular flexibility index (Phi) is 7.79. The predicted molar refractivity (Wildman–Crippen MR) is 152 cm³/mol. The normalized spacial score (nSPS) is 15.2. The molecule has 2 aromatic heterocycles. The number of ether oxygens (including phenoxy) is 2. The van der Waals surface area contributed by atoms with Gasteiger partial charge < -0.3 is 33.5 Å². The molecule has 0 bridgehead atoms. The molecule has 1 saturated heterocycles. The van der Waals surface area contributed by atoms with Crippen molar-refractivity contribution in [2.24, 2.45) is 0 Å². The monoisotopic (exact) mass is 517 g/mol. The van der Waals surface area contributed by atoms with Crippen LogP contribution in [0.1, 0.15) is 37.2 Å². The van der Waals surface area contributed by atoms with Crippen molar-refractivity contribution in [1.82, 2.24) is 19.0 Å². The van der Waals surface area contributed by atoms with Crippen molar-refractivity contribution in [3.63, 3.8) is 0 Å². The average molecular weight is 518 g/mol. The van der Waals surface area contributed by atoms with E-state index in [2.05, 4.69) is 50.7 Å². The Morgan fingerprint density at radius 2 is 1.79 bits per heavy atom. The topological polar surface area (TPSA) is 67.9 Å². The maximum absolute atomic E-state index is 11.5. The average Bonchev–Trinajstić information content (AvgIpc) is 3.52. The number of hydrogen-bond acceptors (Lipinski definition) is 6. The van der Waals surface area contributed by atoms with Crippen LogP contribution in [0.5, 0.6) is 17.4 Å². The van der Waals surface area contributed by atoms with Crippen LogP contribution in [0.3, 0.4) is 0 Å². The molecule has 1 aliphatic heterocycles. The third-order valence-electron chi connectivity index (χ3n) is 7.93. The van der Waals surface area contributed by atoms with Crippen molar-refractivity contribution in [2.75, 3.05) is 51.8 Å². The number of likely N-dealkylation sites (N-methyl/N-ethyl adjacent to an activating group) is 1. The van der Waals surface area contributed by atoms with Crippen LogP contribution < -0.4 is 14.4 Å². The highest BCUT2D eigenvalue weighted by Crippen LogP contribution is 2.40. The second-order valence-corrected chi connectivity index (χ2v) is 9.96. The predicted octanol–water partition coefficient (Wildman–Crippen LogP) is 5.08. The number of aryl methyl sites for hydroxylation is 2. The minimum atomic E-state index is -0.0733. The third-order valence-corrected chi connectivity index (χ3v) is 7.93. The molecule has 8 nitrogen and oxygen atoms in total. The summed E-state index contributed by atoms with van der Waals surface area (Å²) < 4.78 is 15.3. The Labute approximate surface area is 225 Å². The summed E-state index contributed by atoms with van der Waals surface area (Å²) in [6.07, 6.45) is 7.76. The maximum Gasteiger partial charge on any atom is 0.199 e. The molecule has 0 aliphatic carbocycles. The smallest absolute Gasteiger partial charge is 0.199 e. The third kappa shape index (κ3) is 5.05. The van der Waals surface area contributed by atoms with Crippen molar-refractivity contribution in [3.05, 3.63) is 66.4 Å². The summed E-state index contributed by atoms with van der Waals surface area (Å²) in [4.78, 5) is 9.29. The number of rotatable bonds is 10. The van der Waals surface area contributed by atoms with E-state index in [1.165, 1.54) is 5.69 Å². The highest BCUT2D eigenvalue weighted by molar-refractivity contribution is 5.98. The zero-order chi connectivity index (χ0) is 26.6. The van der Waals surface area contributed by atoms with Crippen LogP contribution in [-0.4, -0.2) is 71.1 Å². The van der Waals surface area contributed by atoms with Gasteiger partial charge in [0.05, 0.1) is 20.3 Å². The van der Waals surface area contributed by atoms with Crippen molar-refractivity contribution in [3.8, 4) is 17.4 Å². The number of benzene rings is 2. The standard InChI is InChI=1S/C30H39N5O3/c1-5-32-16-18-34(19-17-32)27-9-6-8-24-25(27)21-35(30(24)36)26(10-7-14-33-15-13-31-22(33)2)23-11-12-28(37-3)29(20-23)38-4/h6,8-9,11-13,15,20-21,26,36H,5,7,10,14,16-19H2,1-4H3/t26-/m1/s1. The fraction of sp³-hybridized carbons (Fsp3) is 0.433. The molecule has 0 amide bonds. The van der Waals surface area contributed by atoms with E-state index in [0.29, 0.717) is 17.4 Å². The molecule has 2 aromatic carbocycles. The quantitative estimate of drug-likeness (QED) is 0.316. The molecule has 38 heavy (non-hydrogen) atoms. The van der Waals surface area contributed by atoms with Gasteiger partial charge in [-0.15, -0.1) is 0 Å². The number of nitrogens with zero attached hydrogens (tertiary/aromatic N) is 5. The van der Waals surface area contributed by atoms with Gasteiger partial charge in [-0.25, -0.2) is 4.98 Å². The zero-order valence-corrected chi connectivity index (χ0v) is 22.9. The van der Waals surface area contributed by atoms with E-state index >= 15 is 0 Å². The molecule has 202 valence electrons. The zero-order valence-electron chi connectivity index (χ0n) is 22.9. The second kappa shape index (κ2) is 11.4. The summed E-state index contributed by atoms with van der Waals surface area (Å²) in [6, 6.07) is 12.2. The van der Waals surface area contributed by atoms with Gasteiger partial charge in [-0.3, -0.25) is 0 Å². The summed E-state index contributed by atoms with van der Waals surface area (Å²) >= 11 is 0. The van der Waals surface area contributed by atoms with E-state index in [4.69, 9.17) is 9.47 Å². The van der Waals surface area contributed by atoms with Gasteiger partial charge in [-0.2, -0.15) is 0 Å². The number of fused-ring (bicyclic) bond motifs is 1. The Morgan fingerprint density at radius 3 is 2.47 bits per heavy atom. The fourth-order valence-electron chi connectivity index (χ4n) is 5.66. The van der Waals surface area contributed by atoms with E-state index < -0.39 is 0 Å². The minimum absolute atomic E-state index is 0.0733.